The maximum atomic E-state index is 12.9. The number of carbonyl (C=O) groups is 2. The molecule has 29 heavy (non-hydrogen) atoms. The molecular weight excluding hydrogens is 411 g/mol. The van der Waals surface area contributed by atoms with Crippen LogP contribution in [-0.2, 0) is 17.8 Å². The number of aromatic nitrogens is 1. The summed E-state index contributed by atoms with van der Waals surface area (Å²) in [5, 5.41) is 4.68. The van der Waals surface area contributed by atoms with Gasteiger partial charge in [0.05, 0.1) is 25.0 Å². The molecule has 0 saturated carbocycles. The van der Waals surface area contributed by atoms with Gasteiger partial charge in [-0.15, -0.1) is 11.3 Å². The lowest BCUT2D eigenvalue weighted by Gasteiger charge is -2.06. The second kappa shape index (κ2) is 10.2. The van der Waals surface area contributed by atoms with Crippen LogP contribution >= 0.6 is 23.1 Å². The molecule has 1 heterocycles. The lowest BCUT2D eigenvalue weighted by molar-refractivity contribution is -0.120. The van der Waals surface area contributed by atoms with Gasteiger partial charge in [-0.1, -0.05) is 23.9 Å². The van der Waals surface area contributed by atoms with E-state index < -0.39 is 0 Å². The first-order chi connectivity index (χ1) is 14.0. The molecule has 1 N–H and O–H groups in total. The molecule has 0 aliphatic carbocycles. The fraction of sp³-hybridized carbons (Fsp3) is 0.190. The molecule has 0 aliphatic rings. The summed E-state index contributed by atoms with van der Waals surface area (Å²) in [5.41, 5.74) is 2.08. The van der Waals surface area contributed by atoms with Gasteiger partial charge in [0, 0.05) is 17.5 Å². The molecular formula is C21H19FN2O3S2. The Balaban J connectivity index is 1.46. The first-order valence-electron chi connectivity index (χ1n) is 8.79. The first kappa shape index (κ1) is 21.0. The maximum Gasteiger partial charge on any atom is 0.226 e. The number of ketones is 1. The minimum absolute atomic E-state index is 0.0946. The average molecular weight is 431 g/mol. The van der Waals surface area contributed by atoms with Crippen molar-refractivity contribution in [3.05, 3.63) is 76.5 Å². The molecule has 0 fully saturated rings. The number of ether oxygens (including phenoxy) is 1. The summed E-state index contributed by atoms with van der Waals surface area (Å²) < 4.78 is 18.8. The normalized spacial score (nSPS) is 10.6. The van der Waals surface area contributed by atoms with Crippen molar-refractivity contribution in [1.82, 2.24) is 10.3 Å². The fourth-order valence-corrected chi connectivity index (χ4v) is 4.23. The maximum absolute atomic E-state index is 12.9. The Labute approximate surface area is 176 Å². The van der Waals surface area contributed by atoms with Crippen molar-refractivity contribution in [2.45, 2.75) is 17.3 Å². The van der Waals surface area contributed by atoms with Crippen molar-refractivity contribution < 1.29 is 18.7 Å². The molecule has 8 heteroatoms. The van der Waals surface area contributed by atoms with Gasteiger partial charge in [-0.3, -0.25) is 9.59 Å². The quantitative estimate of drug-likeness (QED) is 0.408. The highest BCUT2D eigenvalue weighted by Crippen LogP contribution is 2.24. The zero-order valence-electron chi connectivity index (χ0n) is 15.7. The number of amides is 1. The molecule has 0 spiro atoms. The van der Waals surface area contributed by atoms with Crippen molar-refractivity contribution >= 4 is 34.8 Å². The second-order valence-electron chi connectivity index (χ2n) is 6.13. The highest BCUT2D eigenvalue weighted by atomic mass is 32.2. The van der Waals surface area contributed by atoms with Gasteiger partial charge in [-0.25, -0.2) is 9.37 Å². The van der Waals surface area contributed by atoms with Crippen molar-refractivity contribution in [1.29, 1.82) is 0 Å². The molecule has 150 valence electrons. The number of thioether (sulfide) groups is 1. The third kappa shape index (κ3) is 6.40. The van der Waals surface area contributed by atoms with Gasteiger partial charge in [-0.05, 0) is 42.0 Å². The van der Waals surface area contributed by atoms with Crippen molar-refractivity contribution in [3.63, 3.8) is 0 Å². The summed E-state index contributed by atoms with van der Waals surface area (Å²) in [5.74, 6) is 0.358. The molecule has 0 unspecified atom stereocenters. The van der Waals surface area contributed by atoms with Crippen LogP contribution in [0.15, 0.2) is 58.3 Å². The minimum Gasteiger partial charge on any atom is -0.497 e. The number of carbonyl (C=O) groups excluding carboxylic acids is 2. The molecule has 0 saturated heterocycles. The minimum atomic E-state index is -0.372. The summed E-state index contributed by atoms with van der Waals surface area (Å²) in [7, 11) is 1.60. The van der Waals surface area contributed by atoms with Crippen LogP contribution in [0.1, 0.15) is 21.6 Å². The van der Waals surface area contributed by atoms with Gasteiger partial charge < -0.3 is 10.1 Å². The van der Waals surface area contributed by atoms with E-state index in [1.165, 1.54) is 47.4 Å². The number of hydrogen-bond donors (Lipinski definition) is 1. The van der Waals surface area contributed by atoms with Crippen LogP contribution in [0.3, 0.4) is 0 Å². The smallest absolute Gasteiger partial charge is 0.226 e. The van der Waals surface area contributed by atoms with E-state index in [4.69, 9.17) is 4.74 Å². The van der Waals surface area contributed by atoms with Crippen LogP contribution in [0, 0.1) is 5.82 Å². The van der Waals surface area contributed by atoms with Crippen LogP contribution in [0.25, 0.3) is 0 Å². The number of hydrogen-bond acceptors (Lipinski definition) is 6. The highest BCUT2D eigenvalue weighted by molar-refractivity contribution is 8.01. The topological polar surface area (TPSA) is 68.3 Å². The average Bonchev–Trinajstić information content (AvgIpc) is 3.18. The van der Waals surface area contributed by atoms with Gasteiger partial charge in [0.2, 0.25) is 5.91 Å². The van der Waals surface area contributed by atoms with Crippen LogP contribution in [0.2, 0.25) is 0 Å². The van der Waals surface area contributed by atoms with Gasteiger partial charge in [0.1, 0.15) is 11.6 Å². The summed E-state index contributed by atoms with van der Waals surface area (Å²) in [6, 6.07) is 13.0. The molecule has 1 aromatic heterocycles. The Kier molecular flexibility index (Phi) is 7.37. The number of benzene rings is 2. The lowest BCUT2D eigenvalue weighted by Crippen LogP contribution is -2.24. The summed E-state index contributed by atoms with van der Waals surface area (Å²) >= 11 is 2.70. The highest BCUT2D eigenvalue weighted by Gasteiger charge is 2.11. The van der Waals surface area contributed by atoms with Crippen LogP contribution in [0.5, 0.6) is 5.75 Å². The summed E-state index contributed by atoms with van der Waals surface area (Å²) in [4.78, 5) is 28.7. The predicted octanol–water partition coefficient (Wildman–Crippen LogP) is 4.12. The van der Waals surface area contributed by atoms with Gasteiger partial charge in [0.25, 0.3) is 0 Å². The summed E-state index contributed by atoms with van der Waals surface area (Å²) in [6.45, 7) is 0.411. The Bertz CT molecular complexity index is 990. The zero-order valence-corrected chi connectivity index (χ0v) is 17.3. The summed E-state index contributed by atoms with van der Waals surface area (Å²) in [6.07, 6.45) is 0.174. The third-order valence-corrected chi connectivity index (χ3v) is 6.06. The lowest BCUT2D eigenvalue weighted by atomic mass is 10.1. The molecule has 0 aliphatic heterocycles. The number of methoxy groups -OCH3 is 1. The van der Waals surface area contributed by atoms with E-state index in [1.807, 2.05) is 29.6 Å². The number of halogens is 1. The number of thiazole rings is 1. The van der Waals surface area contributed by atoms with Crippen LogP contribution in [0.4, 0.5) is 4.39 Å². The number of nitrogens with zero attached hydrogens (tertiary/aromatic N) is 1. The Morgan fingerprint density at radius 2 is 2.00 bits per heavy atom. The predicted molar refractivity (Wildman–Crippen MR) is 112 cm³/mol. The van der Waals surface area contributed by atoms with E-state index in [0.717, 1.165) is 15.7 Å². The van der Waals surface area contributed by atoms with Gasteiger partial charge in [0.15, 0.2) is 10.1 Å². The molecule has 0 bridgehead atoms. The Hall–Kier alpha value is -2.71. The van der Waals surface area contributed by atoms with Crippen molar-refractivity contribution in [2.75, 3.05) is 12.9 Å². The molecule has 0 atom stereocenters. The third-order valence-electron chi connectivity index (χ3n) is 3.99. The largest absolute Gasteiger partial charge is 0.497 e. The molecule has 3 aromatic rings. The van der Waals surface area contributed by atoms with Crippen molar-refractivity contribution in [3.8, 4) is 5.75 Å². The SMILES string of the molecule is COc1cccc(CNC(=O)Cc2csc(SCC(=O)c3ccc(F)cc3)n2)c1. The Morgan fingerprint density at radius 1 is 1.21 bits per heavy atom. The molecule has 2 aromatic carbocycles. The molecule has 0 radical (unpaired) electrons. The standard InChI is InChI=1S/C21H19FN2O3S2/c1-27-18-4-2-3-14(9-18)11-23-20(26)10-17-12-28-21(24-17)29-13-19(25)15-5-7-16(22)8-6-15/h2-9,12H,10-11,13H2,1H3,(H,23,26). The number of Topliss-reactive ketones (excluding diaryl/α,β-unsaturated/α-hetero) is 1. The molecule has 5 nitrogen and oxygen atoms in total. The fourth-order valence-electron chi connectivity index (χ4n) is 2.49. The monoisotopic (exact) mass is 430 g/mol. The number of rotatable bonds is 9. The van der Waals surface area contributed by atoms with Gasteiger partial charge >= 0.3 is 0 Å². The van der Waals surface area contributed by atoms with Crippen molar-refractivity contribution in [2.24, 2.45) is 0 Å². The van der Waals surface area contributed by atoms with E-state index in [1.54, 1.807) is 7.11 Å². The van der Waals surface area contributed by atoms with E-state index in [-0.39, 0.29) is 29.7 Å². The molecule has 1 amide bonds. The van der Waals surface area contributed by atoms with E-state index in [0.29, 0.717) is 17.8 Å². The number of nitrogens with one attached hydrogen (secondary N) is 1. The van der Waals surface area contributed by atoms with Crippen LogP contribution < -0.4 is 10.1 Å². The zero-order chi connectivity index (χ0) is 20.6. The van der Waals surface area contributed by atoms with E-state index in [2.05, 4.69) is 10.3 Å². The Morgan fingerprint density at radius 3 is 2.76 bits per heavy atom. The molecule has 3 rings (SSSR count). The first-order valence-corrected chi connectivity index (χ1v) is 10.7. The van der Waals surface area contributed by atoms with Crippen LogP contribution in [-0.4, -0.2) is 29.5 Å². The second-order valence-corrected chi connectivity index (χ2v) is 8.21. The van der Waals surface area contributed by atoms with E-state index >= 15 is 0 Å². The van der Waals surface area contributed by atoms with E-state index in [9.17, 15) is 14.0 Å². The van der Waals surface area contributed by atoms with Gasteiger partial charge in [-0.2, -0.15) is 0 Å².